The molecule has 2 N–H and O–H groups in total. The van der Waals surface area contributed by atoms with Gasteiger partial charge >= 0.3 is 0 Å². The highest BCUT2D eigenvalue weighted by Gasteiger charge is 2.34. The van der Waals surface area contributed by atoms with Crippen molar-refractivity contribution in [2.24, 2.45) is 11.7 Å². The maximum atomic E-state index is 13.6. The molecule has 0 bridgehead atoms. The van der Waals surface area contributed by atoms with Crippen molar-refractivity contribution in [3.63, 3.8) is 0 Å². The third kappa shape index (κ3) is 2.55. The smallest absolute Gasteiger partial charge is 0.126 e. The van der Waals surface area contributed by atoms with Crippen LogP contribution in [0.3, 0.4) is 0 Å². The van der Waals surface area contributed by atoms with E-state index in [-0.39, 0.29) is 11.4 Å². The lowest BCUT2D eigenvalue weighted by molar-refractivity contribution is 0.411. The second kappa shape index (κ2) is 4.34. The van der Waals surface area contributed by atoms with Gasteiger partial charge in [0, 0.05) is 10.6 Å². The predicted octanol–water partition coefficient (Wildman–Crippen LogP) is 3.54. The van der Waals surface area contributed by atoms with Gasteiger partial charge in [-0.3, -0.25) is 0 Å². The highest BCUT2D eigenvalue weighted by molar-refractivity contribution is 6.30. The Labute approximate surface area is 101 Å². The summed E-state index contributed by atoms with van der Waals surface area (Å²) in [5.74, 6) is 0.445. The molecule has 0 spiro atoms. The van der Waals surface area contributed by atoms with Crippen LogP contribution in [-0.2, 0) is 6.42 Å². The fraction of sp³-hybridized carbons (Fsp3) is 0.538. The Balaban J connectivity index is 2.17. The standard InChI is InChI=1S/C13H17ClFN/c1-9-4-5-13(16,7-9)8-10-6-11(14)2-3-12(10)15/h2-3,6,9H,4-5,7-8,16H2,1H3. The third-order valence-electron chi connectivity index (χ3n) is 3.44. The fourth-order valence-corrected chi connectivity index (χ4v) is 2.85. The zero-order valence-electron chi connectivity index (χ0n) is 9.47. The van der Waals surface area contributed by atoms with Crippen molar-refractivity contribution < 1.29 is 4.39 Å². The maximum Gasteiger partial charge on any atom is 0.126 e. The average Bonchev–Trinajstić information content (AvgIpc) is 2.52. The Bertz CT molecular complexity index is 394. The van der Waals surface area contributed by atoms with Crippen LogP contribution in [0.2, 0.25) is 5.02 Å². The minimum atomic E-state index is -0.245. The molecule has 2 rings (SSSR count). The molecular weight excluding hydrogens is 225 g/mol. The van der Waals surface area contributed by atoms with Crippen molar-refractivity contribution in [1.29, 1.82) is 0 Å². The van der Waals surface area contributed by atoms with Gasteiger partial charge < -0.3 is 5.73 Å². The van der Waals surface area contributed by atoms with Crippen molar-refractivity contribution in [3.05, 3.63) is 34.6 Å². The summed E-state index contributed by atoms with van der Waals surface area (Å²) >= 11 is 5.87. The highest BCUT2D eigenvalue weighted by atomic mass is 35.5. The SMILES string of the molecule is CC1CCC(N)(Cc2cc(Cl)ccc2F)C1. The predicted molar refractivity (Wildman–Crippen MR) is 65.0 cm³/mol. The molecule has 1 aliphatic carbocycles. The Kier molecular flexibility index (Phi) is 3.22. The minimum Gasteiger partial charge on any atom is -0.325 e. The van der Waals surface area contributed by atoms with Crippen molar-refractivity contribution in [1.82, 2.24) is 0 Å². The van der Waals surface area contributed by atoms with Crippen LogP contribution in [0.5, 0.6) is 0 Å². The molecule has 2 atom stereocenters. The summed E-state index contributed by atoms with van der Waals surface area (Å²) in [6.45, 7) is 2.20. The number of rotatable bonds is 2. The van der Waals surface area contributed by atoms with Gasteiger partial charge in [-0.2, -0.15) is 0 Å². The topological polar surface area (TPSA) is 26.0 Å². The molecule has 0 heterocycles. The normalized spacial score (nSPS) is 29.6. The molecule has 1 fully saturated rings. The first-order valence-corrected chi connectivity index (χ1v) is 6.09. The molecule has 0 aliphatic heterocycles. The van der Waals surface area contributed by atoms with Crippen LogP contribution in [0.4, 0.5) is 4.39 Å². The summed E-state index contributed by atoms with van der Waals surface area (Å²) in [5.41, 5.74) is 6.69. The molecule has 1 aromatic carbocycles. The van der Waals surface area contributed by atoms with Crippen molar-refractivity contribution in [2.75, 3.05) is 0 Å². The molecule has 88 valence electrons. The van der Waals surface area contributed by atoms with E-state index in [2.05, 4.69) is 6.92 Å². The first-order chi connectivity index (χ1) is 7.48. The van der Waals surface area contributed by atoms with Crippen LogP contribution in [-0.4, -0.2) is 5.54 Å². The molecule has 1 aromatic rings. The largest absolute Gasteiger partial charge is 0.325 e. The van der Waals surface area contributed by atoms with Gasteiger partial charge in [0.15, 0.2) is 0 Å². The Morgan fingerprint density at radius 2 is 2.31 bits per heavy atom. The van der Waals surface area contributed by atoms with Gasteiger partial charge in [-0.1, -0.05) is 18.5 Å². The van der Waals surface area contributed by atoms with E-state index in [1.807, 2.05) is 0 Å². The minimum absolute atomic E-state index is 0.200. The lowest BCUT2D eigenvalue weighted by Crippen LogP contribution is -2.39. The van der Waals surface area contributed by atoms with E-state index in [9.17, 15) is 4.39 Å². The van der Waals surface area contributed by atoms with E-state index in [0.29, 0.717) is 22.9 Å². The van der Waals surface area contributed by atoms with E-state index in [4.69, 9.17) is 17.3 Å². The van der Waals surface area contributed by atoms with Gasteiger partial charge in [0.1, 0.15) is 5.82 Å². The molecule has 16 heavy (non-hydrogen) atoms. The summed E-state index contributed by atoms with van der Waals surface area (Å²) in [6, 6.07) is 4.68. The van der Waals surface area contributed by atoms with Crippen LogP contribution in [0.1, 0.15) is 31.7 Å². The van der Waals surface area contributed by atoms with Crippen LogP contribution < -0.4 is 5.73 Å². The zero-order valence-corrected chi connectivity index (χ0v) is 10.2. The monoisotopic (exact) mass is 241 g/mol. The summed E-state index contributed by atoms with van der Waals surface area (Å²) in [7, 11) is 0. The fourth-order valence-electron chi connectivity index (χ4n) is 2.65. The van der Waals surface area contributed by atoms with E-state index < -0.39 is 0 Å². The molecule has 1 aliphatic rings. The Hall–Kier alpha value is -0.600. The van der Waals surface area contributed by atoms with E-state index in [1.54, 1.807) is 12.1 Å². The Morgan fingerprint density at radius 3 is 2.94 bits per heavy atom. The molecule has 0 radical (unpaired) electrons. The summed E-state index contributed by atoms with van der Waals surface area (Å²) in [6.07, 6.45) is 3.67. The van der Waals surface area contributed by atoms with Crippen molar-refractivity contribution >= 4 is 11.6 Å². The van der Waals surface area contributed by atoms with Crippen LogP contribution >= 0.6 is 11.6 Å². The molecule has 0 saturated heterocycles. The van der Waals surface area contributed by atoms with Crippen molar-refractivity contribution in [3.8, 4) is 0 Å². The molecule has 3 heteroatoms. The molecule has 2 unspecified atom stereocenters. The van der Waals surface area contributed by atoms with E-state index in [1.165, 1.54) is 6.07 Å². The van der Waals surface area contributed by atoms with E-state index >= 15 is 0 Å². The summed E-state index contributed by atoms with van der Waals surface area (Å²) in [5, 5.41) is 0.575. The van der Waals surface area contributed by atoms with E-state index in [0.717, 1.165) is 19.3 Å². The molecule has 1 nitrogen and oxygen atoms in total. The maximum absolute atomic E-state index is 13.6. The van der Waals surface area contributed by atoms with Gasteiger partial charge in [0.05, 0.1) is 0 Å². The van der Waals surface area contributed by atoms with Crippen LogP contribution in [0.25, 0.3) is 0 Å². The molecule has 1 saturated carbocycles. The highest BCUT2D eigenvalue weighted by Crippen LogP contribution is 2.35. The van der Waals surface area contributed by atoms with Crippen LogP contribution in [0, 0.1) is 11.7 Å². The molecular formula is C13H17ClFN. The van der Waals surface area contributed by atoms with Crippen molar-refractivity contribution in [2.45, 2.75) is 38.1 Å². The molecule has 0 amide bonds. The number of nitrogens with two attached hydrogens (primary N) is 1. The number of hydrogen-bond donors (Lipinski definition) is 1. The first kappa shape index (κ1) is 11.9. The molecule has 0 aromatic heterocycles. The zero-order chi connectivity index (χ0) is 11.8. The lowest BCUT2D eigenvalue weighted by atomic mass is 9.89. The second-order valence-electron chi connectivity index (χ2n) is 5.12. The van der Waals surface area contributed by atoms with Gasteiger partial charge in [-0.25, -0.2) is 4.39 Å². The quantitative estimate of drug-likeness (QED) is 0.842. The number of halogens is 2. The van der Waals surface area contributed by atoms with Crippen LogP contribution in [0.15, 0.2) is 18.2 Å². The Morgan fingerprint density at radius 1 is 1.56 bits per heavy atom. The first-order valence-electron chi connectivity index (χ1n) is 5.71. The number of benzene rings is 1. The van der Waals surface area contributed by atoms with Gasteiger partial charge in [-0.15, -0.1) is 0 Å². The average molecular weight is 242 g/mol. The van der Waals surface area contributed by atoms with Gasteiger partial charge in [-0.05, 0) is 55.4 Å². The van der Waals surface area contributed by atoms with Gasteiger partial charge in [0.25, 0.3) is 0 Å². The lowest BCUT2D eigenvalue weighted by Gasteiger charge is -2.24. The third-order valence-corrected chi connectivity index (χ3v) is 3.68. The number of hydrogen-bond acceptors (Lipinski definition) is 1. The second-order valence-corrected chi connectivity index (χ2v) is 5.56. The van der Waals surface area contributed by atoms with Gasteiger partial charge in [0.2, 0.25) is 0 Å². The summed E-state index contributed by atoms with van der Waals surface area (Å²) < 4.78 is 13.6. The summed E-state index contributed by atoms with van der Waals surface area (Å²) in [4.78, 5) is 0.